The lowest BCUT2D eigenvalue weighted by Crippen LogP contribution is -2.25. The van der Waals surface area contributed by atoms with Crippen LogP contribution in [0.3, 0.4) is 0 Å². The van der Waals surface area contributed by atoms with Gasteiger partial charge in [-0.2, -0.15) is 0 Å². The van der Waals surface area contributed by atoms with E-state index in [1.54, 1.807) is 0 Å². The minimum atomic E-state index is -0.809. The number of nitrogens with zero attached hydrogens (tertiary/aromatic N) is 1. The first kappa shape index (κ1) is 15.9. The minimum Gasteiger partial charge on any atom is -0.481 e. The number of rotatable bonds is 6. The molecular weight excluding hydrogens is 354 g/mol. The van der Waals surface area contributed by atoms with Crippen LogP contribution in [0.1, 0.15) is 12.0 Å². The first-order chi connectivity index (χ1) is 10.1. The summed E-state index contributed by atoms with van der Waals surface area (Å²) in [5, 5.41) is 9.59. The maximum Gasteiger partial charge on any atom is 0.305 e. The summed E-state index contributed by atoms with van der Waals surface area (Å²) in [5.41, 5.74) is 1.94. The van der Waals surface area contributed by atoms with Gasteiger partial charge in [0.15, 0.2) is 0 Å². The zero-order valence-corrected chi connectivity index (χ0v) is 13.6. The average Bonchev–Trinajstić information content (AvgIpc) is 2.47. The lowest BCUT2D eigenvalue weighted by molar-refractivity contribution is -0.136. The van der Waals surface area contributed by atoms with Crippen molar-refractivity contribution in [3.63, 3.8) is 0 Å². The minimum absolute atomic E-state index is 0.0838. The first-order valence-corrected chi connectivity index (χ1v) is 7.69. The van der Waals surface area contributed by atoms with Gasteiger partial charge in [0.2, 0.25) is 0 Å². The number of aliphatic carboxylic acids is 1. The van der Waals surface area contributed by atoms with Gasteiger partial charge in [-0.25, -0.2) is 0 Å². The number of benzene rings is 2. The van der Waals surface area contributed by atoms with Crippen LogP contribution in [0.15, 0.2) is 53.0 Å². The Bertz CT molecular complexity index is 619. The highest BCUT2D eigenvalue weighted by atomic mass is 79.9. The highest BCUT2D eigenvalue weighted by Crippen LogP contribution is 2.25. The van der Waals surface area contributed by atoms with Gasteiger partial charge in [0, 0.05) is 28.3 Å². The normalized spacial score (nSPS) is 10.4. The largest absolute Gasteiger partial charge is 0.481 e. The molecule has 0 heterocycles. The average molecular weight is 369 g/mol. The maximum atomic E-state index is 10.8. The molecule has 2 aromatic carbocycles. The summed E-state index contributed by atoms with van der Waals surface area (Å²) in [4.78, 5) is 12.9. The van der Waals surface area contributed by atoms with Crippen LogP contribution in [0, 0.1) is 0 Å². The van der Waals surface area contributed by atoms with Gasteiger partial charge in [-0.05, 0) is 35.9 Å². The van der Waals surface area contributed by atoms with Gasteiger partial charge in [0.05, 0.1) is 6.42 Å². The fraction of sp³-hybridized carbons (Fsp3) is 0.188. The molecule has 0 aliphatic heterocycles. The van der Waals surface area contributed by atoms with E-state index >= 15 is 0 Å². The van der Waals surface area contributed by atoms with E-state index in [0.717, 1.165) is 15.7 Å². The van der Waals surface area contributed by atoms with Crippen LogP contribution in [0.2, 0.25) is 5.02 Å². The standard InChI is InChI=1S/C16H15BrClNO2/c17-13-6-7-15(18)12(10-13)11-19(9-8-16(20)21)14-4-2-1-3-5-14/h1-7,10H,8-9,11H2,(H,20,21). The van der Waals surface area contributed by atoms with Gasteiger partial charge in [0.25, 0.3) is 0 Å². The van der Waals surface area contributed by atoms with Crippen molar-refractivity contribution in [1.29, 1.82) is 0 Å². The Balaban J connectivity index is 2.23. The lowest BCUT2D eigenvalue weighted by atomic mass is 10.2. The van der Waals surface area contributed by atoms with Crippen molar-refractivity contribution >= 4 is 39.2 Å². The summed E-state index contributed by atoms with van der Waals surface area (Å²) in [6.45, 7) is 0.998. The number of carboxylic acids is 1. The molecule has 21 heavy (non-hydrogen) atoms. The van der Waals surface area contributed by atoms with Gasteiger partial charge in [0.1, 0.15) is 0 Å². The predicted molar refractivity (Wildman–Crippen MR) is 88.9 cm³/mol. The second-order valence-corrected chi connectivity index (χ2v) is 5.96. The quantitative estimate of drug-likeness (QED) is 0.811. The smallest absolute Gasteiger partial charge is 0.305 e. The Hall–Kier alpha value is -1.52. The Kier molecular flexibility index (Phi) is 5.65. The molecule has 0 radical (unpaired) electrons. The van der Waals surface area contributed by atoms with Crippen LogP contribution in [0.4, 0.5) is 5.69 Å². The molecule has 5 heteroatoms. The zero-order chi connectivity index (χ0) is 15.2. The molecule has 0 fully saturated rings. The second kappa shape index (κ2) is 7.48. The molecule has 0 unspecified atom stereocenters. The number of hydrogen-bond acceptors (Lipinski definition) is 2. The van der Waals surface area contributed by atoms with E-state index in [0.29, 0.717) is 18.1 Å². The predicted octanol–water partition coefficient (Wildman–Crippen LogP) is 4.58. The van der Waals surface area contributed by atoms with Crippen molar-refractivity contribution in [3.05, 3.63) is 63.6 Å². The Morgan fingerprint density at radius 2 is 1.90 bits per heavy atom. The molecular formula is C16H15BrClNO2. The molecule has 0 atom stereocenters. The van der Waals surface area contributed by atoms with E-state index in [1.807, 2.05) is 53.4 Å². The molecule has 0 aliphatic rings. The van der Waals surface area contributed by atoms with Gasteiger partial charge in [-0.1, -0.05) is 45.7 Å². The SMILES string of the molecule is O=C(O)CCN(Cc1cc(Br)ccc1Cl)c1ccccc1. The topological polar surface area (TPSA) is 40.5 Å². The first-order valence-electron chi connectivity index (χ1n) is 6.52. The highest BCUT2D eigenvalue weighted by Gasteiger charge is 2.11. The third kappa shape index (κ3) is 4.76. The Morgan fingerprint density at radius 1 is 1.19 bits per heavy atom. The van der Waals surface area contributed by atoms with E-state index in [1.165, 1.54) is 0 Å². The monoisotopic (exact) mass is 367 g/mol. The van der Waals surface area contributed by atoms with E-state index in [9.17, 15) is 4.79 Å². The molecule has 110 valence electrons. The summed E-state index contributed by atoms with van der Waals surface area (Å²) in [6, 6.07) is 15.4. The number of carbonyl (C=O) groups is 1. The third-order valence-corrected chi connectivity index (χ3v) is 3.95. The van der Waals surface area contributed by atoms with E-state index < -0.39 is 5.97 Å². The number of anilines is 1. The van der Waals surface area contributed by atoms with E-state index in [4.69, 9.17) is 16.7 Å². The summed E-state index contributed by atoms with van der Waals surface area (Å²) in [5.74, 6) is -0.809. The molecule has 0 aromatic heterocycles. The summed E-state index contributed by atoms with van der Waals surface area (Å²) in [7, 11) is 0. The number of halogens is 2. The molecule has 0 bridgehead atoms. The Morgan fingerprint density at radius 3 is 2.57 bits per heavy atom. The van der Waals surface area contributed by atoms with Crippen LogP contribution in [-0.2, 0) is 11.3 Å². The molecule has 0 aliphatic carbocycles. The van der Waals surface area contributed by atoms with Crippen LogP contribution in [0.5, 0.6) is 0 Å². The molecule has 3 nitrogen and oxygen atoms in total. The van der Waals surface area contributed by atoms with Crippen LogP contribution < -0.4 is 4.90 Å². The van der Waals surface area contributed by atoms with Crippen molar-refractivity contribution in [1.82, 2.24) is 0 Å². The van der Waals surface area contributed by atoms with Gasteiger partial charge in [-0.3, -0.25) is 4.79 Å². The molecule has 2 rings (SSSR count). The molecule has 0 spiro atoms. The van der Waals surface area contributed by atoms with Crippen molar-refractivity contribution in [2.24, 2.45) is 0 Å². The Labute approximate surface area is 137 Å². The van der Waals surface area contributed by atoms with Gasteiger partial charge < -0.3 is 10.0 Å². The maximum absolute atomic E-state index is 10.8. The third-order valence-electron chi connectivity index (χ3n) is 3.09. The fourth-order valence-electron chi connectivity index (χ4n) is 2.04. The fourth-order valence-corrected chi connectivity index (χ4v) is 2.62. The van der Waals surface area contributed by atoms with E-state index in [-0.39, 0.29) is 6.42 Å². The van der Waals surface area contributed by atoms with Crippen LogP contribution in [-0.4, -0.2) is 17.6 Å². The van der Waals surface area contributed by atoms with Crippen molar-refractivity contribution in [2.75, 3.05) is 11.4 Å². The molecule has 0 saturated carbocycles. The molecule has 2 aromatic rings. The van der Waals surface area contributed by atoms with Crippen LogP contribution in [0.25, 0.3) is 0 Å². The number of para-hydroxylation sites is 1. The molecule has 1 N–H and O–H groups in total. The second-order valence-electron chi connectivity index (χ2n) is 4.64. The van der Waals surface area contributed by atoms with E-state index in [2.05, 4.69) is 15.9 Å². The van der Waals surface area contributed by atoms with Gasteiger partial charge >= 0.3 is 5.97 Å². The van der Waals surface area contributed by atoms with Crippen LogP contribution >= 0.6 is 27.5 Å². The summed E-state index contributed by atoms with van der Waals surface area (Å²) < 4.78 is 0.952. The highest BCUT2D eigenvalue weighted by molar-refractivity contribution is 9.10. The number of hydrogen-bond donors (Lipinski definition) is 1. The molecule has 0 saturated heterocycles. The zero-order valence-electron chi connectivity index (χ0n) is 11.3. The van der Waals surface area contributed by atoms with Crippen molar-refractivity contribution < 1.29 is 9.90 Å². The van der Waals surface area contributed by atoms with Crippen molar-refractivity contribution in [2.45, 2.75) is 13.0 Å². The van der Waals surface area contributed by atoms with Gasteiger partial charge in [-0.15, -0.1) is 0 Å². The molecule has 0 amide bonds. The van der Waals surface area contributed by atoms with Crippen molar-refractivity contribution in [3.8, 4) is 0 Å². The lowest BCUT2D eigenvalue weighted by Gasteiger charge is -2.25. The number of carboxylic acid groups (broad SMARTS) is 1. The summed E-state index contributed by atoms with van der Waals surface area (Å²) >= 11 is 9.66. The summed E-state index contributed by atoms with van der Waals surface area (Å²) in [6.07, 6.45) is 0.0838.